The molecule has 0 saturated carbocycles. The number of phenolic OH excluding ortho intramolecular Hbond substituents is 1. The minimum Gasteiger partial charge on any atom is -0.504 e. The maximum atomic E-state index is 13.0. The Hall–Kier alpha value is -3.48. The highest BCUT2D eigenvalue weighted by atomic mass is 16.5. The Bertz CT molecular complexity index is 1140. The Balaban J connectivity index is 0.00000231. The van der Waals surface area contributed by atoms with Crippen LogP contribution in [0.15, 0.2) is 48.7 Å². The van der Waals surface area contributed by atoms with Gasteiger partial charge in [0.2, 0.25) is 0 Å². The van der Waals surface area contributed by atoms with Crippen molar-refractivity contribution in [3.05, 3.63) is 59.8 Å². The van der Waals surface area contributed by atoms with Gasteiger partial charge in [-0.2, -0.15) is 5.10 Å². The van der Waals surface area contributed by atoms with Gasteiger partial charge in [-0.3, -0.25) is 9.48 Å². The highest BCUT2D eigenvalue weighted by Gasteiger charge is 2.45. The number of hydrogen-bond acceptors (Lipinski definition) is 5. The Labute approximate surface area is 175 Å². The van der Waals surface area contributed by atoms with E-state index in [1.807, 2.05) is 41.0 Å². The summed E-state index contributed by atoms with van der Waals surface area (Å²) in [6.07, 6.45) is 3.26. The van der Waals surface area contributed by atoms with Gasteiger partial charge in [-0.1, -0.05) is 12.1 Å². The van der Waals surface area contributed by atoms with Gasteiger partial charge in [0, 0.05) is 51.1 Å². The number of fused-ring (bicyclic) bond motifs is 4. The summed E-state index contributed by atoms with van der Waals surface area (Å²) in [6, 6.07) is 12.7. The van der Waals surface area contributed by atoms with E-state index in [1.54, 1.807) is 12.1 Å². The number of likely N-dealkylation sites (tertiary alicyclic amines) is 1. The standard InChI is InChI=1S/C23H23N3O4.H2/c1-25-21-16-5-3-4-6-19(16)30-23(17(21)14-24-25)9-11-26(12-10-23)22(28)15-7-8-18(27)20(13-15)29-2;/h3-8,13-14,27H,9-12H2,1-2H3;1H. The van der Waals surface area contributed by atoms with Gasteiger partial charge in [-0.25, -0.2) is 0 Å². The summed E-state index contributed by atoms with van der Waals surface area (Å²) in [6.45, 7) is 1.14. The van der Waals surface area contributed by atoms with Crippen molar-refractivity contribution in [1.29, 1.82) is 0 Å². The van der Waals surface area contributed by atoms with Crippen LogP contribution in [0.2, 0.25) is 0 Å². The van der Waals surface area contributed by atoms with Crippen molar-refractivity contribution in [2.75, 3.05) is 20.2 Å². The van der Waals surface area contributed by atoms with Crippen LogP contribution in [0.3, 0.4) is 0 Å². The third-order valence-corrected chi connectivity index (χ3v) is 6.16. The fourth-order valence-corrected chi connectivity index (χ4v) is 4.54. The molecule has 1 amide bonds. The first-order chi connectivity index (χ1) is 14.5. The molecule has 7 heteroatoms. The van der Waals surface area contributed by atoms with Crippen molar-refractivity contribution in [1.82, 2.24) is 14.7 Å². The molecule has 30 heavy (non-hydrogen) atoms. The van der Waals surface area contributed by atoms with Gasteiger partial charge in [0.05, 0.1) is 19.0 Å². The largest absolute Gasteiger partial charge is 0.504 e. The first-order valence-electron chi connectivity index (χ1n) is 9.99. The molecule has 3 heterocycles. The highest BCUT2D eigenvalue weighted by Crippen LogP contribution is 2.49. The van der Waals surface area contributed by atoms with Gasteiger partial charge in [-0.05, 0) is 30.3 Å². The van der Waals surface area contributed by atoms with Crippen LogP contribution in [-0.2, 0) is 12.6 Å². The van der Waals surface area contributed by atoms with E-state index >= 15 is 0 Å². The van der Waals surface area contributed by atoms with Crippen LogP contribution in [-0.4, -0.2) is 45.9 Å². The van der Waals surface area contributed by atoms with E-state index in [1.165, 1.54) is 13.2 Å². The number of carbonyl (C=O) groups is 1. The summed E-state index contributed by atoms with van der Waals surface area (Å²) in [5.41, 5.74) is 3.23. The Morgan fingerprint density at radius 3 is 2.77 bits per heavy atom. The summed E-state index contributed by atoms with van der Waals surface area (Å²) in [5.74, 6) is 1.09. The molecule has 1 saturated heterocycles. The molecular weight excluding hydrogens is 382 g/mol. The number of nitrogens with zero attached hydrogens (tertiary/aromatic N) is 3. The molecule has 2 aromatic carbocycles. The quantitative estimate of drug-likeness (QED) is 0.703. The summed E-state index contributed by atoms with van der Waals surface area (Å²) in [7, 11) is 3.42. The number of rotatable bonds is 2. The number of phenols is 1. The second kappa shape index (κ2) is 6.79. The lowest BCUT2D eigenvalue weighted by atomic mass is 9.81. The predicted octanol–water partition coefficient (Wildman–Crippen LogP) is 3.57. The minimum absolute atomic E-state index is 0. The van der Waals surface area contributed by atoms with Crippen LogP contribution in [0, 0.1) is 0 Å². The molecule has 156 valence electrons. The number of ether oxygens (including phenoxy) is 2. The summed E-state index contributed by atoms with van der Waals surface area (Å²) < 4.78 is 13.6. The maximum absolute atomic E-state index is 13.0. The number of hydrogen-bond donors (Lipinski definition) is 1. The molecule has 7 nitrogen and oxygen atoms in total. The number of carbonyl (C=O) groups excluding carboxylic acids is 1. The van der Waals surface area contributed by atoms with Crippen LogP contribution in [0.4, 0.5) is 0 Å². The van der Waals surface area contributed by atoms with E-state index in [0.29, 0.717) is 37.2 Å². The van der Waals surface area contributed by atoms with Gasteiger partial charge in [0.15, 0.2) is 11.5 Å². The van der Waals surface area contributed by atoms with Gasteiger partial charge < -0.3 is 19.5 Å². The fraction of sp³-hybridized carbons (Fsp3) is 0.304. The summed E-state index contributed by atoms with van der Waals surface area (Å²) >= 11 is 0. The molecule has 1 aromatic heterocycles. The van der Waals surface area contributed by atoms with Crippen LogP contribution in [0.1, 0.15) is 30.2 Å². The molecule has 1 spiro atoms. The number of piperidine rings is 1. The SMILES string of the molecule is COc1cc(C(=O)N2CCC3(CC2)Oc2ccccc2-c2c3cnn2C)ccc1O.[HH]. The van der Waals surface area contributed by atoms with Crippen molar-refractivity contribution >= 4 is 5.91 Å². The van der Waals surface area contributed by atoms with Crippen LogP contribution >= 0.6 is 0 Å². The van der Waals surface area contributed by atoms with Crippen molar-refractivity contribution in [2.45, 2.75) is 18.4 Å². The lowest BCUT2D eigenvalue weighted by molar-refractivity contribution is -0.00173. The second-order valence-corrected chi connectivity index (χ2v) is 7.80. The van der Waals surface area contributed by atoms with Gasteiger partial charge in [0.25, 0.3) is 5.91 Å². The predicted molar refractivity (Wildman–Crippen MR) is 113 cm³/mol. The maximum Gasteiger partial charge on any atom is 0.253 e. The monoisotopic (exact) mass is 407 g/mol. The average molecular weight is 407 g/mol. The van der Waals surface area contributed by atoms with Gasteiger partial charge in [-0.15, -0.1) is 0 Å². The van der Waals surface area contributed by atoms with Gasteiger partial charge >= 0.3 is 0 Å². The summed E-state index contributed by atoms with van der Waals surface area (Å²) in [5, 5.41) is 14.3. The number of para-hydroxylation sites is 1. The van der Waals surface area contributed by atoms with E-state index in [0.717, 1.165) is 22.6 Å². The molecule has 5 rings (SSSR count). The molecular formula is C23H25N3O4. The topological polar surface area (TPSA) is 76.8 Å². The van der Waals surface area contributed by atoms with Crippen LogP contribution < -0.4 is 9.47 Å². The molecule has 2 aliphatic heterocycles. The smallest absolute Gasteiger partial charge is 0.253 e. The number of amides is 1. The zero-order valence-corrected chi connectivity index (χ0v) is 17.0. The van der Waals surface area contributed by atoms with E-state index in [4.69, 9.17) is 9.47 Å². The second-order valence-electron chi connectivity index (χ2n) is 7.80. The number of methoxy groups -OCH3 is 1. The van der Waals surface area contributed by atoms with Crippen molar-refractivity contribution < 1.29 is 20.8 Å². The molecule has 0 unspecified atom stereocenters. The Morgan fingerprint density at radius 2 is 2.00 bits per heavy atom. The Kier molecular flexibility index (Phi) is 4.20. The zero-order valence-electron chi connectivity index (χ0n) is 17.0. The van der Waals surface area contributed by atoms with Crippen molar-refractivity contribution in [2.24, 2.45) is 7.05 Å². The number of aryl methyl sites for hydroxylation is 1. The molecule has 1 N–H and O–H groups in total. The molecule has 2 aliphatic rings. The third kappa shape index (κ3) is 2.73. The molecule has 0 bridgehead atoms. The molecule has 0 aliphatic carbocycles. The van der Waals surface area contributed by atoms with Crippen molar-refractivity contribution in [3.8, 4) is 28.5 Å². The molecule has 3 aromatic rings. The summed E-state index contributed by atoms with van der Waals surface area (Å²) in [4.78, 5) is 14.9. The Morgan fingerprint density at radius 1 is 1.23 bits per heavy atom. The van der Waals surface area contributed by atoms with Crippen LogP contribution in [0.5, 0.6) is 17.2 Å². The number of benzene rings is 2. The number of aromatic nitrogens is 2. The first-order valence-corrected chi connectivity index (χ1v) is 9.99. The van der Waals surface area contributed by atoms with E-state index in [2.05, 4.69) is 11.2 Å². The van der Waals surface area contributed by atoms with E-state index < -0.39 is 5.60 Å². The first kappa shape index (κ1) is 18.5. The fourth-order valence-electron chi connectivity index (χ4n) is 4.54. The minimum atomic E-state index is -0.485. The van der Waals surface area contributed by atoms with Crippen LogP contribution in [0.25, 0.3) is 11.3 Å². The van der Waals surface area contributed by atoms with E-state index in [9.17, 15) is 9.90 Å². The lowest BCUT2D eigenvalue weighted by Crippen LogP contribution is -2.49. The highest BCUT2D eigenvalue weighted by molar-refractivity contribution is 5.95. The lowest BCUT2D eigenvalue weighted by Gasteiger charge is -2.44. The normalized spacial score (nSPS) is 16.5. The third-order valence-electron chi connectivity index (χ3n) is 6.16. The molecule has 0 atom stereocenters. The molecule has 0 radical (unpaired) electrons. The van der Waals surface area contributed by atoms with E-state index in [-0.39, 0.29) is 13.1 Å². The van der Waals surface area contributed by atoms with Crippen molar-refractivity contribution in [3.63, 3.8) is 0 Å². The molecule has 1 fully saturated rings. The van der Waals surface area contributed by atoms with Gasteiger partial charge in [0.1, 0.15) is 11.4 Å². The number of aromatic hydroxyl groups is 1. The average Bonchev–Trinajstić information content (AvgIpc) is 3.17. The zero-order chi connectivity index (χ0) is 20.9.